The number of Topliss-reactive ketones (excluding diaryl/α,β-unsaturated/α-hetero) is 1. The highest BCUT2D eigenvalue weighted by atomic mass is 16.1. The Kier molecular flexibility index (Phi) is 3.87. The summed E-state index contributed by atoms with van der Waals surface area (Å²) in [6.07, 6.45) is 5.77. The minimum atomic E-state index is -0.367. The SMILES string of the molecule is CC(=O)C1(NCc2ccc3c(C)c[nH]c(=O)c3c2)CCCC1. The van der Waals surface area contributed by atoms with E-state index in [1.54, 1.807) is 13.1 Å². The van der Waals surface area contributed by atoms with Gasteiger partial charge in [0.05, 0.1) is 5.54 Å². The summed E-state index contributed by atoms with van der Waals surface area (Å²) < 4.78 is 0. The fourth-order valence-corrected chi connectivity index (χ4v) is 3.47. The Hall–Kier alpha value is -1.94. The van der Waals surface area contributed by atoms with E-state index in [4.69, 9.17) is 0 Å². The van der Waals surface area contributed by atoms with E-state index < -0.39 is 0 Å². The number of ketones is 1. The molecule has 0 amide bonds. The topological polar surface area (TPSA) is 62.0 Å². The third kappa shape index (κ3) is 2.59. The lowest BCUT2D eigenvalue weighted by Crippen LogP contribution is -2.48. The third-order valence-electron chi connectivity index (χ3n) is 4.94. The molecule has 4 nitrogen and oxygen atoms in total. The summed E-state index contributed by atoms with van der Waals surface area (Å²) in [5.41, 5.74) is 1.67. The van der Waals surface area contributed by atoms with Gasteiger partial charge in [0.1, 0.15) is 5.78 Å². The van der Waals surface area contributed by atoms with Crippen LogP contribution in [0.5, 0.6) is 0 Å². The smallest absolute Gasteiger partial charge is 0.255 e. The van der Waals surface area contributed by atoms with E-state index in [-0.39, 0.29) is 16.9 Å². The Labute approximate surface area is 129 Å². The predicted octanol–water partition coefficient (Wildman–Crippen LogP) is 2.83. The van der Waals surface area contributed by atoms with E-state index >= 15 is 0 Å². The van der Waals surface area contributed by atoms with Crippen molar-refractivity contribution in [2.45, 2.75) is 51.6 Å². The molecule has 1 aliphatic carbocycles. The molecule has 1 aliphatic rings. The summed E-state index contributed by atoms with van der Waals surface area (Å²) in [6, 6.07) is 5.95. The van der Waals surface area contributed by atoms with Crippen LogP contribution in [0.2, 0.25) is 0 Å². The Morgan fingerprint density at radius 3 is 2.68 bits per heavy atom. The van der Waals surface area contributed by atoms with E-state index in [1.165, 1.54) is 0 Å². The number of H-pyrrole nitrogens is 1. The Morgan fingerprint density at radius 1 is 1.27 bits per heavy atom. The van der Waals surface area contributed by atoms with Gasteiger partial charge in [-0.15, -0.1) is 0 Å². The Bertz CT molecular complexity index is 770. The average Bonchev–Trinajstić information content (AvgIpc) is 2.99. The van der Waals surface area contributed by atoms with E-state index in [1.807, 2.05) is 25.1 Å². The van der Waals surface area contributed by atoms with Crippen molar-refractivity contribution in [2.24, 2.45) is 0 Å². The zero-order valence-electron chi connectivity index (χ0n) is 13.2. The number of carbonyl (C=O) groups excluding carboxylic acids is 1. The van der Waals surface area contributed by atoms with Crippen LogP contribution >= 0.6 is 0 Å². The quantitative estimate of drug-likeness (QED) is 0.912. The fourth-order valence-electron chi connectivity index (χ4n) is 3.47. The summed E-state index contributed by atoms with van der Waals surface area (Å²) >= 11 is 0. The van der Waals surface area contributed by atoms with E-state index in [0.29, 0.717) is 11.9 Å². The van der Waals surface area contributed by atoms with Gasteiger partial charge in [-0.25, -0.2) is 0 Å². The molecule has 22 heavy (non-hydrogen) atoms. The lowest BCUT2D eigenvalue weighted by molar-refractivity contribution is -0.123. The molecule has 2 aromatic rings. The first-order valence-corrected chi connectivity index (χ1v) is 7.89. The molecule has 0 saturated heterocycles. The van der Waals surface area contributed by atoms with Crippen molar-refractivity contribution in [1.82, 2.24) is 10.3 Å². The molecular formula is C18H22N2O2. The van der Waals surface area contributed by atoms with Crippen LogP contribution in [0.15, 0.2) is 29.2 Å². The van der Waals surface area contributed by atoms with Crippen LogP contribution in [0.25, 0.3) is 10.8 Å². The van der Waals surface area contributed by atoms with Crippen molar-refractivity contribution in [3.8, 4) is 0 Å². The number of aromatic nitrogens is 1. The molecule has 0 bridgehead atoms. The standard InChI is InChI=1S/C18H22N2O2/c1-12-10-19-17(22)16-9-14(5-6-15(12)16)11-20-18(13(2)21)7-3-4-8-18/h5-6,9-10,20H,3-4,7-8,11H2,1-2H3,(H,19,22). The highest BCUT2D eigenvalue weighted by Gasteiger charge is 2.37. The normalized spacial score (nSPS) is 17.0. The lowest BCUT2D eigenvalue weighted by atomic mass is 9.92. The molecule has 1 aromatic heterocycles. The van der Waals surface area contributed by atoms with Gasteiger partial charge in [-0.05, 0) is 49.3 Å². The van der Waals surface area contributed by atoms with Crippen LogP contribution < -0.4 is 10.9 Å². The molecule has 1 aromatic carbocycles. The molecule has 4 heteroatoms. The van der Waals surface area contributed by atoms with Crippen molar-refractivity contribution in [2.75, 3.05) is 0 Å². The van der Waals surface area contributed by atoms with Crippen molar-refractivity contribution < 1.29 is 4.79 Å². The Morgan fingerprint density at radius 2 is 2.00 bits per heavy atom. The maximum absolute atomic E-state index is 12.0. The van der Waals surface area contributed by atoms with Crippen LogP contribution in [0.1, 0.15) is 43.7 Å². The Balaban J connectivity index is 1.87. The number of rotatable bonds is 4. The van der Waals surface area contributed by atoms with Crippen LogP contribution in [0, 0.1) is 6.92 Å². The summed E-state index contributed by atoms with van der Waals surface area (Å²) in [4.78, 5) is 26.7. The van der Waals surface area contributed by atoms with Crippen molar-refractivity contribution >= 4 is 16.6 Å². The highest BCUT2D eigenvalue weighted by Crippen LogP contribution is 2.31. The second-order valence-corrected chi connectivity index (χ2v) is 6.38. The van der Waals surface area contributed by atoms with Crippen LogP contribution in [-0.2, 0) is 11.3 Å². The van der Waals surface area contributed by atoms with Gasteiger partial charge in [0, 0.05) is 18.1 Å². The van der Waals surface area contributed by atoms with Crippen LogP contribution in [0.3, 0.4) is 0 Å². The maximum Gasteiger partial charge on any atom is 0.255 e. The first-order chi connectivity index (χ1) is 10.5. The fraction of sp³-hybridized carbons (Fsp3) is 0.444. The van der Waals surface area contributed by atoms with E-state index in [0.717, 1.165) is 42.2 Å². The van der Waals surface area contributed by atoms with Gasteiger partial charge in [0.2, 0.25) is 0 Å². The molecule has 0 atom stereocenters. The minimum Gasteiger partial charge on any atom is -0.328 e. The van der Waals surface area contributed by atoms with Crippen molar-refractivity contribution in [1.29, 1.82) is 0 Å². The van der Waals surface area contributed by atoms with Gasteiger partial charge in [-0.3, -0.25) is 9.59 Å². The van der Waals surface area contributed by atoms with E-state index in [2.05, 4.69) is 10.3 Å². The van der Waals surface area contributed by atoms with Crippen LogP contribution in [0.4, 0.5) is 0 Å². The monoisotopic (exact) mass is 298 g/mol. The second-order valence-electron chi connectivity index (χ2n) is 6.38. The predicted molar refractivity (Wildman–Crippen MR) is 88.0 cm³/mol. The number of benzene rings is 1. The summed E-state index contributed by atoms with van der Waals surface area (Å²) in [5, 5.41) is 5.14. The molecule has 0 spiro atoms. The molecule has 116 valence electrons. The first-order valence-electron chi connectivity index (χ1n) is 7.89. The van der Waals surface area contributed by atoms with Gasteiger partial charge < -0.3 is 10.3 Å². The molecule has 0 aliphatic heterocycles. The number of carbonyl (C=O) groups is 1. The molecule has 2 N–H and O–H groups in total. The summed E-state index contributed by atoms with van der Waals surface area (Å²) in [5.74, 6) is 0.222. The van der Waals surface area contributed by atoms with Gasteiger partial charge in [-0.1, -0.05) is 25.0 Å². The van der Waals surface area contributed by atoms with Gasteiger partial charge in [-0.2, -0.15) is 0 Å². The highest BCUT2D eigenvalue weighted by molar-refractivity contribution is 5.87. The molecule has 0 unspecified atom stereocenters. The number of fused-ring (bicyclic) bond motifs is 1. The zero-order chi connectivity index (χ0) is 15.7. The third-order valence-corrected chi connectivity index (χ3v) is 4.94. The van der Waals surface area contributed by atoms with Gasteiger partial charge >= 0.3 is 0 Å². The van der Waals surface area contributed by atoms with Crippen LogP contribution in [-0.4, -0.2) is 16.3 Å². The molecule has 3 rings (SSSR count). The molecule has 0 radical (unpaired) electrons. The van der Waals surface area contributed by atoms with Crippen molar-refractivity contribution in [3.63, 3.8) is 0 Å². The molecule has 1 fully saturated rings. The van der Waals surface area contributed by atoms with Gasteiger partial charge in [0.15, 0.2) is 0 Å². The minimum absolute atomic E-state index is 0.0652. The maximum atomic E-state index is 12.0. The van der Waals surface area contributed by atoms with Gasteiger partial charge in [0.25, 0.3) is 5.56 Å². The number of hydrogen-bond donors (Lipinski definition) is 2. The molecular weight excluding hydrogens is 276 g/mol. The van der Waals surface area contributed by atoms with E-state index in [9.17, 15) is 9.59 Å². The summed E-state index contributed by atoms with van der Waals surface area (Å²) in [7, 11) is 0. The number of nitrogens with one attached hydrogen (secondary N) is 2. The average molecular weight is 298 g/mol. The summed E-state index contributed by atoms with van der Waals surface area (Å²) in [6.45, 7) is 4.27. The second kappa shape index (κ2) is 5.69. The molecule has 1 saturated carbocycles. The first kappa shape index (κ1) is 15.0. The van der Waals surface area contributed by atoms with Crippen molar-refractivity contribution in [3.05, 3.63) is 45.9 Å². The number of aryl methyl sites for hydroxylation is 1. The lowest BCUT2D eigenvalue weighted by Gasteiger charge is -2.27. The number of aromatic amines is 1. The largest absolute Gasteiger partial charge is 0.328 e. The number of hydrogen-bond acceptors (Lipinski definition) is 3. The number of pyridine rings is 1. The zero-order valence-corrected chi connectivity index (χ0v) is 13.2. The molecule has 1 heterocycles.